The van der Waals surface area contributed by atoms with Crippen molar-refractivity contribution in [2.45, 2.75) is 90.4 Å². The maximum atomic E-state index is 13.9. The summed E-state index contributed by atoms with van der Waals surface area (Å²) in [6.07, 6.45) is 13.1. The molecular weight excluding hydrogens is 809 g/mol. The van der Waals surface area contributed by atoms with Crippen LogP contribution in [-0.2, 0) is 19.1 Å². The lowest BCUT2D eigenvalue weighted by atomic mass is 9.94. The van der Waals surface area contributed by atoms with Crippen molar-refractivity contribution >= 4 is 46.2 Å². The molecule has 7 rings (SSSR count). The van der Waals surface area contributed by atoms with E-state index in [1.807, 2.05) is 62.9 Å². The van der Waals surface area contributed by atoms with Crippen LogP contribution in [0.1, 0.15) is 101 Å². The molecule has 4 N–H and O–H groups in total. The monoisotopic (exact) mass is 866 g/mol. The molecule has 3 aliphatic rings. The van der Waals surface area contributed by atoms with Crippen LogP contribution in [0.3, 0.4) is 0 Å². The number of methoxy groups -OCH3 is 2. The summed E-state index contributed by atoms with van der Waals surface area (Å²) in [7, 11) is 2.59. The van der Waals surface area contributed by atoms with Gasteiger partial charge in [0.2, 0.25) is 11.8 Å². The quantitative estimate of drug-likeness (QED) is 0.102. The van der Waals surface area contributed by atoms with E-state index in [2.05, 4.69) is 75.1 Å². The fraction of sp³-hybridized carbons (Fsp3) is 0.400. The van der Waals surface area contributed by atoms with E-state index in [4.69, 9.17) is 19.4 Å². The normalized spacial score (nSPS) is 20.6. The molecule has 14 heteroatoms. The molecule has 5 atom stereocenters. The molecule has 334 valence electrons. The summed E-state index contributed by atoms with van der Waals surface area (Å²) in [4.78, 5) is 72.0. The predicted octanol–water partition coefficient (Wildman–Crippen LogP) is 8.72. The number of H-pyrrole nitrogens is 2. The van der Waals surface area contributed by atoms with Crippen molar-refractivity contribution in [3.05, 3.63) is 119 Å². The Labute approximate surface area is 374 Å². The van der Waals surface area contributed by atoms with Crippen molar-refractivity contribution < 1.29 is 28.7 Å². The number of hydrogen-bond acceptors (Lipinski definition) is 8. The van der Waals surface area contributed by atoms with E-state index in [9.17, 15) is 19.2 Å². The van der Waals surface area contributed by atoms with Gasteiger partial charge in [0.1, 0.15) is 23.7 Å². The molecule has 0 saturated carbocycles. The zero-order chi connectivity index (χ0) is 45.5. The van der Waals surface area contributed by atoms with Gasteiger partial charge in [-0.2, -0.15) is 0 Å². The number of fused-ring (bicyclic) bond motifs is 1. The molecule has 4 amide bonds. The van der Waals surface area contributed by atoms with Crippen LogP contribution in [0, 0.1) is 11.8 Å². The third-order valence-corrected chi connectivity index (χ3v) is 12.6. The summed E-state index contributed by atoms with van der Waals surface area (Å²) in [5.74, 6) is 0.951. The molecule has 4 heterocycles. The number of imidazole rings is 2. The van der Waals surface area contributed by atoms with Crippen LogP contribution in [0.5, 0.6) is 0 Å². The van der Waals surface area contributed by atoms with E-state index >= 15 is 0 Å². The summed E-state index contributed by atoms with van der Waals surface area (Å²) in [6.45, 7) is 13.3. The van der Waals surface area contributed by atoms with Crippen molar-refractivity contribution in [1.82, 2.24) is 40.4 Å². The first-order valence-corrected chi connectivity index (χ1v) is 22.1. The van der Waals surface area contributed by atoms with Crippen LogP contribution in [-0.4, -0.2) is 93.1 Å². The summed E-state index contributed by atoms with van der Waals surface area (Å²) in [5.41, 5.74) is 14.5. The van der Waals surface area contributed by atoms with Crippen molar-refractivity contribution in [2.75, 3.05) is 27.3 Å². The molecule has 0 spiro atoms. The van der Waals surface area contributed by atoms with Gasteiger partial charge >= 0.3 is 12.2 Å². The van der Waals surface area contributed by atoms with E-state index in [1.54, 1.807) is 11.1 Å². The van der Waals surface area contributed by atoms with E-state index in [0.29, 0.717) is 25.3 Å². The van der Waals surface area contributed by atoms with E-state index in [1.165, 1.54) is 14.2 Å². The number of likely N-dealkylation sites (tertiary alicyclic amines) is 2. The highest BCUT2D eigenvalue weighted by Gasteiger charge is 2.39. The molecule has 2 aromatic carbocycles. The molecule has 1 aliphatic carbocycles. The van der Waals surface area contributed by atoms with Gasteiger partial charge in [-0.3, -0.25) is 9.59 Å². The van der Waals surface area contributed by atoms with Gasteiger partial charge in [0.25, 0.3) is 0 Å². The number of aromatic nitrogens is 4. The first-order valence-electron chi connectivity index (χ1n) is 22.1. The topological polar surface area (TPSA) is 175 Å². The van der Waals surface area contributed by atoms with Crippen molar-refractivity contribution in [1.29, 1.82) is 0 Å². The van der Waals surface area contributed by atoms with Gasteiger partial charge in [0, 0.05) is 13.1 Å². The lowest BCUT2D eigenvalue weighted by molar-refractivity contribution is -0.136. The molecule has 0 bridgehead atoms. The van der Waals surface area contributed by atoms with Gasteiger partial charge in [-0.15, -0.1) is 0 Å². The van der Waals surface area contributed by atoms with Crippen LogP contribution in [0.2, 0.25) is 0 Å². The number of allylic oxidation sites excluding steroid dienone is 7. The van der Waals surface area contributed by atoms with Crippen LogP contribution < -0.4 is 10.6 Å². The largest absolute Gasteiger partial charge is 0.453 e. The predicted molar refractivity (Wildman–Crippen MR) is 246 cm³/mol. The number of aromatic amines is 2. The zero-order valence-electron chi connectivity index (χ0n) is 37.5. The third-order valence-electron chi connectivity index (χ3n) is 12.6. The highest BCUT2D eigenvalue weighted by molar-refractivity contribution is 5.89. The molecule has 2 fully saturated rings. The number of amides is 4. The first-order chi connectivity index (χ1) is 30.9. The average molecular weight is 867 g/mol. The van der Waals surface area contributed by atoms with Crippen LogP contribution in [0.25, 0.3) is 33.4 Å². The number of nitrogens with zero attached hydrogens (tertiary/aromatic N) is 4. The Morgan fingerprint density at radius 3 is 2.11 bits per heavy atom. The number of hydrogen-bond donors (Lipinski definition) is 4. The SMILES string of the molecule is C=C1C=C=C=CC/C(c2ccc3nc([C@@H]4CCCN4C(=O)[C@@H](NC(=O)OC)C(C)CC)[nH]c3c2)=C\C=C/1c1ccc(-c2cnc([C@@H]3CCCN3C(=O)[C@@H](NC(=O)OC)C(C)C)[nH]2)cc1. The second-order valence-electron chi connectivity index (χ2n) is 17.0. The second kappa shape index (κ2) is 20.1. The Balaban J connectivity index is 1.10. The smallest absolute Gasteiger partial charge is 0.407 e. The molecule has 14 nitrogen and oxygen atoms in total. The Kier molecular flexibility index (Phi) is 14.2. The molecule has 4 aromatic rings. The Morgan fingerprint density at radius 2 is 1.45 bits per heavy atom. The van der Waals surface area contributed by atoms with E-state index in [0.717, 1.165) is 88.1 Å². The van der Waals surface area contributed by atoms with Crippen LogP contribution >= 0.6 is 0 Å². The van der Waals surface area contributed by atoms with Gasteiger partial charge < -0.3 is 39.9 Å². The van der Waals surface area contributed by atoms with E-state index < -0.39 is 24.3 Å². The standard InChI is InChI=1S/C50H58N8O6/c1-8-31(4)44(56-50(62)64-7)48(60)58-27-13-17-42(58)46-52-38-25-23-36(28-39(38)53-46)33-15-11-9-10-14-32(5)37(24-22-33)34-18-20-35(21-19-34)40-29-51-45(54-40)41-16-12-26-57(41)47(59)43(30(2)3)55-49(61)63-6/h11,14,18-25,28-31,41-44H,5,8,12-13,15-17,26-27H2,1-4,6-7H3,(H,51,54)(H,52,53)(H,55,61)(H,56,62)/b14-11?,33-22+,37-24+/t31?,41-,42-,43-,44-/m0/s1. The van der Waals surface area contributed by atoms with Gasteiger partial charge in [-0.1, -0.05) is 94.6 Å². The molecule has 2 aliphatic heterocycles. The number of carbonyl (C=O) groups is 4. The highest BCUT2D eigenvalue weighted by atomic mass is 16.5. The lowest BCUT2D eigenvalue weighted by Gasteiger charge is -2.30. The fourth-order valence-electron chi connectivity index (χ4n) is 8.71. The van der Waals surface area contributed by atoms with Crippen LogP contribution in [0.15, 0.2) is 96.6 Å². The molecule has 64 heavy (non-hydrogen) atoms. The number of nitrogens with one attached hydrogen (secondary N) is 4. The molecule has 2 saturated heterocycles. The second-order valence-corrected chi connectivity index (χ2v) is 17.0. The van der Waals surface area contributed by atoms with Crippen molar-refractivity contribution in [3.8, 4) is 11.3 Å². The minimum Gasteiger partial charge on any atom is -0.453 e. The number of rotatable bonds is 12. The summed E-state index contributed by atoms with van der Waals surface area (Å²) in [6, 6.07) is 12.5. The fourth-order valence-corrected chi connectivity index (χ4v) is 8.71. The molecule has 1 unspecified atom stereocenters. The number of benzene rings is 2. The number of alkyl carbamates (subject to hydrolysis) is 2. The maximum absolute atomic E-state index is 13.9. The number of carbonyl (C=O) groups excluding carboxylic acids is 4. The molecular formula is C50H58N8O6. The van der Waals surface area contributed by atoms with Crippen molar-refractivity contribution in [2.24, 2.45) is 11.8 Å². The number of ether oxygens (including phenoxy) is 2. The summed E-state index contributed by atoms with van der Waals surface area (Å²) >= 11 is 0. The van der Waals surface area contributed by atoms with Gasteiger partial charge in [0.05, 0.1) is 49.2 Å². The van der Waals surface area contributed by atoms with Crippen molar-refractivity contribution in [3.63, 3.8) is 0 Å². The third kappa shape index (κ3) is 9.84. The van der Waals surface area contributed by atoms with Gasteiger partial charge in [0.15, 0.2) is 0 Å². The van der Waals surface area contributed by atoms with Gasteiger partial charge in [-0.05, 0) is 102 Å². The Hall–Kier alpha value is -6.88. The van der Waals surface area contributed by atoms with Crippen LogP contribution in [0.4, 0.5) is 9.59 Å². The molecule has 2 aromatic heterocycles. The summed E-state index contributed by atoms with van der Waals surface area (Å²) in [5, 5.41) is 5.47. The molecule has 0 radical (unpaired) electrons. The minimum atomic E-state index is -0.706. The minimum absolute atomic E-state index is 0.0730. The Bertz CT molecular complexity index is 2570. The summed E-state index contributed by atoms with van der Waals surface area (Å²) < 4.78 is 9.62. The average Bonchev–Trinajstić information content (AvgIpc) is 4.15. The Morgan fingerprint density at radius 1 is 0.828 bits per heavy atom. The zero-order valence-corrected chi connectivity index (χ0v) is 37.5. The lowest BCUT2D eigenvalue weighted by Crippen LogP contribution is -2.51. The maximum Gasteiger partial charge on any atom is 0.407 e. The highest BCUT2D eigenvalue weighted by Crippen LogP contribution is 2.36. The van der Waals surface area contributed by atoms with Gasteiger partial charge in [-0.25, -0.2) is 19.6 Å². The first kappa shape index (κ1) is 45.2. The van der Waals surface area contributed by atoms with E-state index in [-0.39, 0.29) is 35.7 Å².